The molecule has 0 spiro atoms. The second-order valence-corrected chi connectivity index (χ2v) is 7.49. The Morgan fingerprint density at radius 2 is 1.74 bits per heavy atom. The highest BCUT2D eigenvalue weighted by Gasteiger charge is 2.16. The molecule has 0 bridgehead atoms. The molecule has 7 nitrogen and oxygen atoms in total. The van der Waals surface area contributed by atoms with E-state index in [0.29, 0.717) is 4.90 Å². The molecule has 1 atom stereocenters. The van der Waals surface area contributed by atoms with Crippen molar-refractivity contribution in [2.45, 2.75) is 16.7 Å². The van der Waals surface area contributed by atoms with Gasteiger partial charge in [0.15, 0.2) is 0 Å². The van der Waals surface area contributed by atoms with E-state index in [1.165, 1.54) is 36.4 Å². The molecule has 0 fully saturated rings. The van der Waals surface area contributed by atoms with E-state index in [1.54, 1.807) is 25.1 Å². The van der Waals surface area contributed by atoms with Gasteiger partial charge in [0.1, 0.15) is 0 Å². The molecule has 0 aliphatic rings. The van der Waals surface area contributed by atoms with Gasteiger partial charge in [-0.1, -0.05) is 18.2 Å². The number of rotatable bonds is 6. The third-order valence-corrected chi connectivity index (χ3v) is 6.01. The summed E-state index contributed by atoms with van der Waals surface area (Å²) in [6, 6.07) is 13.3. The van der Waals surface area contributed by atoms with Crippen LogP contribution >= 0.6 is 0 Å². The van der Waals surface area contributed by atoms with Crippen molar-refractivity contribution in [2.75, 3.05) is 6.61 Å². The van der Waals surface area contributed by atoms with Crippen LogP contribution in [0.15, 0.2) is 68.2 Å². The summed E-state index contributed by atoms with van der Waals surface area (Å²) in [5.41, 5.74) is -0.0836. The van der Waals surface area contributed by atoms with Crippen molar-refractivity contribution in [1.29, 1.82) is 0 Å². The number of non-ortho nitro benzene ring substituents is 1. The topological polar surface area (TPSA) is 98.9 Å². The summed E-state index contributed by atoms with van der Waals surface area (Å²) in [6.07, 6.45) is 0. The van der Waals surface area contributed by atoms with Gasteiger partial charge in [-0.05, 0) is 31.2 Å². The smallest absolute Gasteiger partial charge is 0.290 e. The van der Waals surface area contributed by atoms with Gasteiger partial charge in [-0.3, -0.25) is 10.1 Å². The molecule has 0 aliphatic carbocycles. The van der Waals surface area contributed by atoms with Gasteiger partial charge in [-0.15, -0.1) is 3.77 Å². The number of nitrogens with zero attached hydrogens (tertiary/aromatic N) is 2. The van der Waals surface area contributed by atoms with E-state index < -0.39 is 25.9 Å². The minimum absolute atomic E-state index is 0.0686. The van der Waals surface area contributed by atoms with Crippen LogP contribution in [0.5, 0.6) is 0 Å². The molecular formula is C14H14N2O5S2. The highest BCUT2D eigenvalue weighted by atomic mass is 32.3. The number of sulfonamides is 1. The summed E-state index contributed by atoms with van der Waals surface area (Å²) in [4.78, 5) is 10.7. The van der Waals surface area contributed by atoms with Crippen LogP contribution in [0, 0.1) is 10.1 Å². The fourth-order valence-corrected chi connectivity index (χ4v) is 4.46. The molecule has 0 N–H and O–H groups in total. The van der Waals surface area contributed by atoms with Gasteiger partial charge in [-0.2, -0.15) is 8.42 Å². The Hall–Kier alpha value is -2.10. The maximum Gasteiger partial charge on any atom is 0.290 e. The Morgan fingerprint density at radius 1 is 1.13 bits per heavy atom. The number of benzene rings is 2. The quantitative estimate of drug-likeness (QED) is 0.586. The van der Waals surface area contributed by atoms with Gasteiger partial charge in [0.2, 0.25) is 0 Å². The second kappa shape index (κ2) is 7.44. The lowest BCUT2D eigenvalue weighted by Crippen LogP contribution is -2.04. The zero-order valence-electron chi connectivity index (χ0n) is 12.2. The number of hydrogen-bond donors (Lipinski definition) is 0. The van der Waals surface area contributed by atoms with Gasteiger partial charge < -0.3 is 4.18 Å². The van der Waals surface area contributed by atoms with E-state index in [-0.39, 0.29) is 17.2 Å². The summed E-state index contributed by atoms with van der Waals surface area (Å²) in [5, 5.41) is 10.7. The van der Waals surface area contributed by atoms with Crippen LogP contribution < -0.4 is 0 Å². The predicted octanol–water partition coefficient (Wildman–Crippen LogP) is 3.10. The number of nitro groups is 1. The first-order chi connectivity index (χ1) is 10.9. The zero-order valence-corrected chi connectivity index (χ0v) is 13.8. The molecule has 0 aromatic heterocycles. The van der Waals surface area contributed by atoms with Crippen molar-refractivity contribution in [2.24, 2.45) is 3.77 Å². The molecule has 0 saturated heterocycles. The van der Waals surface area contributed by atoms with Crippen LogP contribution in [0.2, 0.25) is 0 Å². The summed E-state index contributed by atoms with van der Waals surface area (Å²) in [7, 11) is -5.24. The fraction of sp³-hybridized carbons (Fsp3) is 0.143. The summed E-state index contributed by atoms with van der Waals surface area (Å²) in [6.45, 7) is 1.98. The third kappa shape index (κ3) is 4.44. The summed E-state index contributed by atoms with van der Waals surface area (Å²) in [5.74, 6) is 0. The van der Waals surface area contributed by atoms with Crippen LogP contribution in [0.25, 0.3) is 0 Å². The largest absolute Gasteiger partial charge is 0.302 e. The SMILES string of the molecule is CCO/S(=N\S(=O)(=O)c1ccccc1)c1ccc([N+](=O)[O-])cc1. The number of nitro benzene ring substituents is 1. The molecule has 0 heterocycles. The van der Waals surface area contributed by atoms with E-state index in [9.17, 15) is 18.5 Å². The average Bonchev–Trinajstić information content (AvgIpc) is 2.55. The Balaban J connectivity index is 2.43. The van der Waals surface area contributed by atoms with Crippen molar-refractivity contribution >= 4 is 26.7 Å². The van der Waals surface area contributed by atoms with E-state index in [1.807, 2.05) is 0 Å². The van der Waals surface area contributed by atoms with E-state index in [2.05, 4.69) is 3.77 Å². The molecule has 0 saturated carbocycles. The Bertz CT molecular complexity index is 818. The summed E-state index contributed by atoms with van der Waals surface area (Å²) < 4.78 is 33.9. The first kappa shape index (κ1) is 17.3. The lowest BCUT2D eigenvalue weighted by atomic mass is 10.3. The van der Waals surface area contributed by atoms with Crippen LogP contribution in [-0.4, -0.2) is 19.9 Å². The van der Waals surface area contributed by atoms with Crippen LogP contribution in [0.4, 0.5) is 5.69 Å². The van der Waals surface area contributed by atoms with Crippen molar-refractivity contribution in [3.63, 3.8) is 0 Å². The van der Waals surface area contributed by atoms with E-state index >= 15 is 0 Å². The van der Waals surface area contributed by atoms with Gasteiger partial charge in [-0.25, -0.2) is 0 Å². The minimum Gasteiger partial charge on any atom is -0.302 e. The Morgan fingerprint density at radius 3 is 2.26 bits per heavy atom. The molecule has 0 aliphatic heterocycles. The molecule has 9 heteroatoms. The van der Waals surface area contributed by atoms with Crippen molar-refractivity contribution in [3.8, 4) is 0 Å². The molecule has 0 radical (unpaired) electrons. The first-order valence-electron chi connectivity index (χ1n) is 6.59. The van der Waals surface area contributed by atoms with Crippen molar-refractivity contribution in [1.82, 2.24) is 0 Å². The molecular weight excluding hydrogens is 340 g/mol. The lowest BCUT2D eigenvalue weighted by molar-refractivity contribution is -0.384. The maximum atomic E-state index is 12.3. The molecule has 2 rings (SSSR count). The van der Waals surface area contributed by atoms with Gasteiger partial charge in [0, 0.05) is 17.0 Å². The van der Waals surface area contributed by atoms with Gasteiger partial charge >= 0.3 is 0 Å². The maximum absolute atomic E-state index is 12.3. The minimum atomic E-state index is -3.88. The zero-order chi connectivity index (χ0) is 16.9. The van der Waals surface area contributed by atoms with E-state index in [0.717, 1.165) is 0 Å². The molecule has 2 aromatic carbocycles. The average molecular weight is 354 g/mol. The van der Waals surface area contributed by atoms with Gasteiger partial charge in [0.05, 0.1) is 27.4 Å². The fourth-order valence-electron chi connectivity index (χ4n) is 1.65. The molecule has 1 unspecified atom stereocenters. The Labute approximate surface area is 136 Å². The normalized spacial score (nSPS) is 12.9. The van der Waals surface area contributed by atoms with Crippen molar-refractivity contribution in [3.05, 3.63) is 64.7 Å². The first-order valence-corrected chi connectivity index (χ1v) is 9.14. The monoisotopic (exact) mass is 354 g/mol. The third-order valence-electron chi connectivity index (χ3n) is 2.69. The Kier molecular flexibility index (Phi) is 5.59. The van der Waals surface area contributed by atoms with Crippen molar-refractivity contribution < 1.29 is 17.5 Å². The van der Waals surface area contributed by atoms with Crippen LogP contribution in [-0.2, 0) is 25.2 Å². The molecule has 2 aromatic rings. The standard InChI is InChI=1S/C14H14N2O5S2/c1-2-21-22(13-10-8-12(9-11-13)16(17)18)15-23(19,20)14-6-4-3-5-7-14/h3-11H,2H2,1H3. The molecule has 23 heavy (non-hydrogen) atoms. The van der Waals surface area contributed by atoms with Gasteiger partial charge in [0.25, 0.3) is 15.7 Å². The predicted molar refractivity (Wildman–Crippen MR) is 86.4 cm³/mol. The highest BCUT2D eigenvalue weighted by Crippen LogP contribution is 2.20. The molecule has 0 amide bonds. The summed E-state index contributed by atoms with van der Waals surface area (Å²) >= 11 is 0. The lowest BCUT2D eigenvalue weighted by Gasteiger charge is -2.07. The second-order valence-electron chi connectivity index (χ2n) is 4.27. The van der Waals surface area contributed by atoms with Crippen LogP contribution in [0.3, 0.4) is 0 Å². The number of hydrogen-bond acceptors (Lipinski definition) is 5. The highest BCUT2D eigenvalue weighted by molar-refractivity contribution is 7.98. The molecule has 122 valence electrons. The van der Waals surface area contributed by atoms with Crippen LogP contribution in [0.1, 0.15) is 6.92 Å². The van der Waals surface area contributed by atoms with E-state index in [4.69, 9.17) is 4.18 Å².